The molecule has 1 rings (SSSR count). The minimum absolute atomic E-state index is 0.267. The van der Waals surface area contributed by atoms with Gasteiger partial charge in [-0.2, -0.15) is 0 Å². The zero-order valence-corrected chi connectivity index (χ0v) is 13.8. The fraction of sp³-hybridized carbons (Fsp3) is 0.529. The molecule has 5 nitrogen and oxygen atoms in total. The molecule has 0 heterocycles. The van der Waals surface area contributed by atoms with E-state index in [0.717, 1.165) is 25.8 Å². The second-order valence-electron chi connectivity index (χ2n) is 5.45. The summed E-state index contributed by atoms with van der Waals surface area (Å²) in [6.45, 7) is 4.96. The SMILES string of the molecule is CCNC(=O)NC(=O)C(C)N(C)CCCCc1ccccc1. The van der Waals surface area contributed by atoms with Crippen LogP contribution in [0, 0.1) is 0 Å². The van der Waals surface area contributed by atoms with Crippen LogP contribution in [0.15, 0.2) is 30.3 Å². The smallest absolute Gasteiger partial charge is 0.321 e. The Morgan fingerprint density at radius 1 is 1.18 bits per heavy atom. The lowest BCUT2D eigenvalue weighted by Gasteiger charge is -2.23. The van der Waals surface area contributed by atoms with E-state index in [1.54, 1.807) is 0 Å². The molecule has 5 heteroatoms. The van der Waals surface area contributed by atoms with Crippen molar-refractivity contribution < 1.29 is 9.59 Å². The number of hydrogen-bond donors (Lipinski definition) is 2. The number of carbonyl (C=O) groups is 2. The van der Waals surface area contributed by atoms with Gasteiger partial charge < -0.3 is 5.32 Å². The Morgan fingerprint density at radius 2 is 1.86 bits per heavy atom. The molecule has 0 aliphatic carbocycles. The highest BCUT2D eigenvalue weighted by molar-refractivity contribution is 5.96. The summed E-state index contributed by atoms with van der Waals surface area (Å²) in [6.07, 6.45) is 3.15. The van der Waals surface area contributed by atoms with E-state index in [1.165, 1.54) is 5.56 Å². The number of amides is 3. The van der Waals surface area contributed by atoms with Crippen LogP contribution in [-0.4, -0.2) is 43.0 Å². The van der Waals surface area contributed by atoms with Gasteiger partial charge in [0.2, 0.25) is 5.91 Å². The third kappa shape index (κ3) is 6.72. The van der Waals surface area contributed by atoms with Gasteiger partial charge in [0, 0.05) is 6.54 Å². The average Bonchev–Trinajstić information content (AvgIpc) is 2.51. The van der Waals surface area contributed by atoms with E-state index >= 15 is 0 Å². The Morgan fingerprint density at radius 3 is 2.50 bits per heavy atom. The maximum atomic E-state index is 11.9. The maximum Gasteiger partial charge on any atom is 0.321 e. The van der Waals surface area contributed by atoms with Crippen molar-refractivity contribution in [3.05, 3.63) is 35.9 Å². The van der Waals surface area contributed by atoms with Gasteiger partial charge in [0.25, 0.3) is 0 Å². The molecule has 1 aromatic rings. The number of nitrogens with one attached hydrogen (secondary N) is 2. The van der Waals surface area contributed by atoms with Crippen molar-refractivity contribution in [1.82, 2.24) is 15.5 Å². The number of rotatable bonds is 8. The lowest BCUT2D eigenvalue weighted by molar-refractivity contribution is -0.124. The van der Waals surface area contributed by atoms with Gasteiger partial charge >= 0.3 is 6.03 Å². The van der Waals surface area contributed by atoms with Gasteiger partial charge in [-0.15, -0.1) is 0 Å². The van der Waals surface area contributed by atoms with Crippen LogP contribution in [0.3, 0.4) is 0 Å². The van der Waals surface area contributed by atoms with Crippen molar-refractivity contribution in [2.45, 2.75) is 39.2 Å². The molecule has 0 saturated heterocycles. The summed E-state index contributed by atoms with van der Waals surface area (Å²) >= 11 is 0. The van der Waals surface area contributed by atoms with E-state index in [1.807, 2.05) is 31.9 Å². The standard InChI is InChI=1S/C17H27N3O2/c1-4-18-17(22)19-16(21)14(2)20(3)13-9-8-12-15-10-6-5-7-11-15/h5-7,10-11,14H,4,8-9,12-13H2,1-3H3,(H2,18,19,21,22). The molecule has 0 aliphatic rings. The summed E-state index contributed by atoms with van der Waals surface area (Å²) < 4.78 is 0. The highest BCUT2D eigenvalue weighted by Crippen LogP contribution is 2.06. The van der Waals surface area contributed by atoms with Gasteiger partial charge in [-0.3, -0.25) is 15.0 Å². The van der Waals surface area contributed by atoms with Crippen LogP contribution < -0.4 is 10.6 Å². The molecule has 0 saturated carbocycles. The van der Waals surface area contributed by atoms with E-state index in [9.17, 15) is 9.59 Å². The van der Waals surface area contributed by atoms with Crippen LogP contribution in [-0.2, 0) is 11.2 Å². The highest BCUT2D eigenvalue weighted by atomic mass is 16.2. The molecular weight excluding hydrogens is 278 g/mol. The third-order valence-corrected chi connectivity index (χ3v) is 3.68. The number of benzene rings is 1. The van der Waals surface area contributed by atoms with Crippen molar-refractivity contribution in [3.8, 4) is 0 Å². The average molecular weight is 305 g/mol. The van der Waals surface area contributed by atoms with Crippen molar-refractivity contribution in [2.24, 2.45) is 0 Å². The number of carbonyl (C=O) groups excluding carboxylic acids is 2. The number of urea groups is 1. The summed E-state index contributed by atoms with van der Waals surface area (Å²) in [7, 11) is 1.91. The van der Waals surface area contributed by atoms with Crippen LogP contribution in [0.1, 0.15) is 32.3 Å². The molecule has 0 aliphatic heterocycles. The fourth-order valence-corrected chi connectivity index (χ4v) is 2.15. The number of hydrogen-bond acceptors (Lipinski definition) is 3. The van der Waals surface area contributed by atoms with E-state index < -0.39 is 6.03 Å². The molecule has 0 spiro atoms. The lowest BCUT2D eigenvalue weighted by Crippen LogP contribution is -2.48. The largest absolute Gasteiger partial charge is 0.338 e. The minimum atomic E-state index is -0.433. The first-order valence-corrected chi connectivity index (χ1v) is 7.87. The summed E-state index contributed by atoms with van der Waals surface area (Å²) in [6, 6.07) is 9.63. The molecule has 0 fully saturated rings. The van der Waals surface area contributed by atoms with E-state index in [2.05, 4.69) is 34.9 Å². The topological polar surface area (TPSA) is 61.4 Å². The Hall–Kier alpha value is -1.88. The third-order valence-electron chi connectivity index (χ3n) is 3.68. The van der Waals surface area contributed by atoms with Gasteiger partial charge in [0.1, 0.15) is 0 Å². The Bertz CT molecular complexity index is 462. The summed E-state index contributed by atoms with van der Waals surface area (Å²) in [5.41, 5.74) is 1.34. The van der Waals surface area contributed by atoms with Crippen LogP contribution in [0.25, 0.3) is 0 Å². The molecule has 22 heavy (non-hydrogen) atoms. The second-order valence-corrected chi connectivity index (χ2v) is 5.45. The Labute approximate surface area is 133 Å². The van der Waals surface area contributed by atoms with Crippen LogP contribution in [0.4, 0.5) is 4.79 Å². The van der Waals surface area contributed by atoms with Crippen LogP contribution in [0.5, 0.6) is 0 Å². The number of aryl methyl sites for hydroxylation is 1. The van der Waals surface area contributed by atoms with E-state index in [0.29, 0.717) is 6.54 Å². The number of likely N-dealkylation sites (N-methyl/N-ethyl adjacent to an activating group) is 1. The Kier molecular flexibility index (Phi) is 8.22. The molecular formula is C17H27N3O2. The van der Waals surface area contributed by atoms with Gasteiger partial charge in [0.15, 0.2) is 0 Å². The zero-order valence-electron chi connectivity index (χ0n) is 13.8. The Balaban J connectivity index is 2.24. The number of unbranched alkanes of at least 4 members (excludes halogenated alkanes) is 1. The molecule has 122 valence electrons. The van der Waals surface area contributed by atoms with Crippen LogP contribution >= 0.6 is 0 Å². The van der Waals surface area contributed by atoms with Crippen molar-refractivity contribution in [1.29, 1.82) is 0 Å². The minimum Gasteiger partial charge on any atom is -0.338 e. The van der Waals surface area contributed by atoms with Crippen molar-refractivity contribution in [2.75, 3.05) is 20.1 Å². The first-order chi connectivity index (χ1) is 10.5. The predicted molar refractivity (Wildman–Crippen MR) is 88.7 cm³/mol. The van der Waals surface area contributed by atoms with Crippen molar-refractivity contribution in [3.63, 3.8) is 0 Å². The number of nitrogens with zero attached hydrogens (tertiary/aromatic N) is 1. The highest BCUT2D eigenvalue weighted by Gasteiger charge is 2.19. The van der Waals surface area contributed by atoms with Gasteiger partial charge in [-0.1, -0.05) is 30.3 Å². The zero-order chi connectivity index (χ0) is 16.4. The molecule has 2 N–H and O–H groups in total. The molecule has 1 aromatic carbocycles. The van der Waals surface area contributed by atoms with Crippen LogP contribution in [0.2, 0.25) is 0 Å². The molecule has 0 radical (unpaired) electrons. The lowest BCUT2D eigenvalue weighted by atomic mass is 10.1. The molecule has 1 atom stereocenters. The quantitative estimate of drug-likeness (QED) is 0.724. The monoisotopic (exact) mass is 305 g/mol. The summed E-state index contributed by atoms with van der Waals surface area (Å²) in [5, 5.41) is 4.90. The molecule has 0 bridgehead atoms. The molecule has 3 amide bonds. The second kappa shape index (κ2) is 9.95. The predicted octanol–water partition coefficient (Wildman–Crippen LogP) is 2.18. The molecule has 0 aromatic heterocycles. The first-order valence-electron chi connectivity index (χ1n) is 7.87. The van der Waals surface area contributed by atoms with Crippen molar-refractivity contribution >= 4 is 11.9 Å². The van der Waals surface area contributed by atoms with Gasteiger partial charge in [-0.25, -0.2) is 4.79 Å². The summed E-state index contributed by atoms with van der Waals surface area (Å²) in [4.78, 5) is 25.2. The maximum absolute atomic E-state index is 11.9. The first kappa shape index (κ1) is 18.2. The van der Waals surface area contributed by atoms with Gasteiger partial charge in [0.05, 0.1) is 6.04 Å². The fourth-order valence-electron chi connectivity index (χ4n) is 2.15. The molecule has 1 unspecified atom stereocenters. The number of imide groups is 1. The van der Waals surface area contributed by atoms with Gasteiger partial charge in [-0.05, 0) is 52.3 Å². The van der Waals surface area contributed by atoms with E-state index in [-0.39, 0.29) is 11.9 Å². The normalized spacial score (nSPS) is 12.0. The summed E-state index contributed by atoms with van der Waals surface area (Å²) in [5.74, 6) is -0.267. The van der Waals surface area contributed by atoms with E-state index in [4.69, 9.17) is 0 Å².